The maximum atomic E-state index is 13.6. The third-order valence-electron chi connectivity index (χ3n) is 3.25. The lowest BCUT2D eigenvalue weighted by molar-refractivity contribution is -0.115. The van der Waals surface area contributed by atoms with Crippen molar-refractivity contribution in [2.45, 2.75) is 6.42 Å². The second-order valence-electron chi connectivity index (χ2n) is 5.01. The second kappa shape index (κ2) is 8.24. The summed E-state index contributed by atoms with van der Waals surface area (Å²) in [6.45, 7) is 0.498. The molecule has 0 fully saturated rings. The number of amides is 1. The van der Waals surface area contributed by atoms with E-state index in [1.54, 1.807) is 4.90 Å². The average molecular weight is 320 g/mol. The number of rotatable bonds is 7. The number of anilines is 2. The van der Waals surface area contributed by atoms with E-state index >= 15 is 0 Å². The van der Waals surface area contributed by atoms with Crippen molar-refractivity contribution in [3.63, 3.8) is 0 Å². The molecule has 0 aliphatic heterocycles. The molecule has 0 bridgehead atoms. The molecule has 0 saturated carbocycles. The fraction of sp³-hybridized carbons (Fsp3) is 0.235. The van der Waals surface area contributed by atoms with Gasteiger partial charge in [-0.1, -0.05) is 18.2 Å². The van der Waals surface area contributed by atoms with Gasteiger partial charge in [0, 0.05) is 24.9 Å². The highest BCUT2D eigenvalue weighted by atomic mass is 19.1. The summed E-state index contributed by atoms with van der Waals surface area (Å²) in [5.41, 5.74) is 0.766. The predicted molar refractivity (Wildman–Crippen MR) is 85.3 cm³/mol. The zero-order valence-electron chi connectivity index (χ0n) is 12.5. The van der Waals surface area contributed by atoms with Crippen LogP contribution in [0.2, 0.25) is 0 Å². The van der Waals surface area contributed by atoms with Crippen molar-refractivity contribution in [3.05, 3.63) is 60.2 Å². The topological polar surface area (TPSA) is 52.6 Å². The monoisotopic (exact) mass is 320 g/mol. The Balaban J connectivity index is 2.05. The summed E-state index contributed by atoms with van der Waals surface area (Å²) in [5.74, 6) is -1.94. The number of aliphatic hydroxyl groups is 1. The zero-order chi connectivity index (χ0) is 16.7. The summed E-state index contributed by atoms with van der Waals surface area (Å²) in [6, 6.07) is 12.2. The molecule has 1 amide bonds. The molecule has 6 heteroatoms. The Morgan fingerprint density at radius 2 is 1.87 bits per heavy atom. The fourth-order valence-electron chi connectivity index (χ4n) is 2.15. The molecule has 0 radical (unpaired) electrons. The van der Waals surface area contributed by atoms with E-state index in [1.807, 2.05) is 30.3 Å². The molecule has 2 rings (SSSR count). The standard InChI is InChI=1S/C17H18F2N2O2/c18-13-7-8-16(15(19)11-13)20-17(23)12-21(9-4-10-22)14-5-2-1-3-6-14/h1-3,5-8,11,22H,4,9-10,12H2,(H,20,23). The molecule has 0 saturated heterocycles. The Kier molecular flexibility index (Phi) is 6.05. The number of benzene rings is 2. The highest BCUT2D eigenvalue weighted by Gasteiger charge is 2.13. The van der Waals surface area contributed by atoms with Crippen LogP contribution >= 0.6 is 0 Å². The molecular formula is C17H18F2N2O2. The average Bonchev–Trinajstić information content (AvgIpc) is 2.55. The minimum Gasteiger partial charge on any atom is -0.396 e. The number of nitrogens with one attached hydrogen (secondary N) is 1. The van der Waals surface area contributed by atoms with Crippen LogP contribution in [0.15, 0.2) is 48.5 Å². The molecule has 2 N–H and O–H groups in total. The summed E-state index contributed by atoms with van der Waals surface area (Å²) in [6.07, 6.45) is 0.507. The lowest BCUT2D eigenvalue weighted by Crippen LogP contribution is -2.34. The summed E-state index contributed by atoms with van der Waals surface area (Å²) >= 11 is 0. The minimum absolute atomic E-state index is 0.000823. The molecule has 0 heterocycles. The normalized spacial score (nSPS) is 10.4. The van der Waals surface area contributed by atoms with Crippen molar-refractivity contribution in [3.8, 4) is 0 Å². The van der Waals surface area contributed by atoms with Crippen LogP contribution in [0.4, 0.5) is 20.2 Å². The number of hydrogen-bond donors (Lipinski definition) is 2. The van der Waals surface area contributed by atoms with Crippen molar-refractivity contribution < 1.29 is 18.7 Å². The minimum atomic E-state index is -0.819. The van der Waals surface area contributed by atoms with Crippen molar-refractivity contribution in [1.29, 1.82) is 0 Å². The van der Waals surface area contributed by atoms with E-state index in [-0.39, 0.29) is 18.8 Å². The van der Waals surface area contributed by atoms with Gasteiger partial charge in [0.1, 0.15) is 11.6 Å². The van der Waals surface area contributed by atoms with Crippen LogP contribution in [0.1, 0.15) is 6.42 Å². The largest absolute Gasteiger partial charge is 0.396 e. The molecule has 122 valence electrons. The van der Waals surface area contributed by atoms with Gasteiger partial charge in [-0.2, -0.15) is 0 Å². The maximum Gasteiger partial charge on any atom is 0.243 e. The van der Waals surface area contributed by atoms with Gasteiger partial charge in [-0.15, -0.1) is 0 Å². The Morgan fingerprint density at radius 3 is 2.52 bits per heavy atom. The van der Waals surface area contributed by atoms with Crippen molar-refractivity contribution in [1.82, 2.24) is 0 Å². The second-order valence-corrected chi connectivity index (χ2v) is 5.01. The molecule has 0 aliphatic rings. The Morgan fingerprint density at radius 1 is 1.13 bits per heavy atom. The SMILES string of the molecule is O=C(CN(CCCO)c1ccccc1)Nc1ccc(F)cc1F. The molecule has 0 aromatic heterocycles. The van der Waals surface area contributed by atoms with Gasteiger partial charge in [-0.05, 0) is 30.7 Å². The molecule has 4 nitrogen and oxygen atoms in total. The van der Waals surface area contributed by atoms with Crippen molar-refractivity contribution in [2.24, 2.45) is 0 Å². The Hall–Kier alpha value is -2.47. The third-order valence-corrected chi connectivity index (χ3v) is 3.25. The Labute approximate surface area is 133 Å². The lowest BCUT2D eigenvalue weighted by Gasteiger charge is -2.24. The van der Waals surface area contributed by atoms with E-state index in [9.17, 15) is 13.6 Å². The van der Waals surface area contributed by atoms with Crippen LogP contribution < -0.4 is 10.2 Å². The van der Waals surface area contributed by atoms with Gasteiger partial charge < -0.3 is 15.3 Å². The Bertz CT molecular complexity index is 650. The van der Waals surface area contributed by atoms with Gasteiger partial charge in [-0.25, -0.2) is 8.78 Å². The van der Waals surface area contributed by atoms with E-state index in [1.165, 1.54) is 6.07 Å². The number of carbonyl (C=O) groups is 1. The summed E-state index contributed by atoms with van der Waals surface area (Å²) in [5, 5.41) is 11.4. The first-order valence-electron chi connectivity index (χ1n) is 7.26. The maximum absolute atomic E-state index is 13.6. The molecule has 0 atom stereocenters. The summed E-state index contributed by atoms with van der Waals surface area (Å²) < 4.78 is 26.4. The van der Waals surface area contributed by atoms with Crippen LogP contribution in [-0.4, -0.2) is 30.7 Å². The number of para-hydroxylation sites is 1. The number of aliphatic hydroxyl groups excluding tert-OH is 1. The molecule has 2 aromatic rings. The number of halogens is 2. The molecule has 23 heavy (non-hydrogen) atoms. The fourth-order valence-corrected chi connectivity index (χ4v) is 2.15. The van der Waals surface area contributed by atoms with E-state index in [2.05, 4.69) is 5.32 Å². The quantitative estimate of drug-likeness (QED) is 0.825. The first kappa shape index (κ1) is 16.9. The van der Waals surface area contributed by atoms with Crippen LogP contribution in [0.25, 0.3) is 0 Å². The molecule has 0 aliphatic carbocycles. The first-order chi connectivity index (χ1) is 11.1. The molecule has 0 unspecified atom stereocenters. The predicted octanol–water partition coefficient (Wildman–Crippen LogP) is 2.79. The van der Waals surface area contributed by atoms with Crippen molar-refractivity contribution in [2.75, 3.05) is 29.9 Å². The molecule has 2 aromatic carbocycles. The van der Waals surface area contributed by atoms with E-state index in [0.29, 0.717) is 13.0 Å². The van der Waals surface area contributed by atoms with Gasteiger partial charge in [-0.3, -0.25) is 4.79 Å². The summed E-state index contributed by atoms with van der Waals surface area (Å²) in [7, 11) is 0. The number of nitrogens with zero attached hydrogens (tertiary/aromatic N) is 1. The number of carbonyl (C=O) groups excluding carboxylic acids is 1. The summed E-state index contributed by atoms with van der Waals surface area (Å²) in [4.78, 5) is 13.9. The van der Waals surface area contributed by atoms with E-state index in [4.69, 9.17) is 5.11 Å². The first-order valence-corrected chi connectivity index (χ1v) is 7.26. The van der Waals surface area contributed by atoms with Crippen LogP contribution in [0, 0.1) is 11.6 Å². The lowest BCUT2D eigenvalue weighted by atomic mass is 10.2. The molecular weight excluding hydrogens is 302 g/mol. The van der Waals surface area contributed by atoms with Crippen LogP contribution in [-0.2, 0) is 4.79 Å². The van der Waals surface area contributed by atoms with Gasteiger partial charge in [0.15, 0.2) is 0 Å². The van der Waals surface area contributed by atoms with Crippen molar-refractivity contribution >= 4 is 17.3 Å². The molecule has 0 spiro atoms. The highest BCUT2D eigenvalue weighted by molar-refractivity contribution is 5.94. The van der Waals surface area contributed by atoms with Gasteiger partial charge >= 0.3 is 0 Å². The van der Waals surface area contributed by atoms with Crippen LogP contribution in [0.5, 0.6) is 0 Å². The van der Waals surface area contributed by atoms with Crippen LogP contribution in [0.3, 0.4) is 0 Å². The smallest absolute Gasteiger partial charge is 0.243 e. The third kappa shape index (κ3) is 5.03. The van der Waals surface area contributed by atoms with Gasteiger partial charge in [0.25, 0.3) is 0 Å². The van der Waals surface area contributed by atoms with Gasteiger partial charge in [0.2, 0.25) is 5.91 Å². The highest BCUT2D eigenvalue weighted by Crippen LogP contribution is 2.16. The number of hydrogen-bond acceptors (Lipinski definition) is 3. The van der Waals surface area contributed by atoms with E-state index in [0.717, 1.165) is 17.8 Å². The van der Waals surface area contributed by atoms with E-state index < -0.39 is 17.5 Å². The zero-order valence-corrected chi connectivity index (χ0v) is 12.5. The van der Waals surface area contributed by atoms with Gasteiger partial charge in [0.05, 0.1) is 12.2 Å².